The summed E-state index contributed by atoms with van der Waals surface area (Å²) in [5, 5.41) is 3.15. The van der Waals surface area contributed by atoms with Crippen LogP contribution in [0.25, 0.3) is 0 Å². The minimum atomic E-state index is -0.550. The van der Waals surface area contributed by atoms with Crippen molar-refractivity contribution in [1.82, 2.24) is 0 Å². The predicted octanol–water partition coefficient (Wildman–Crippen LogP) is 2.53. The molecule has 7 heteroatoms. The second-order valence-electron chi connectivity index (χ2n) is 6.21. The molecule has 142 valence electrons. The highest BCUT2D eigenvalue weighted by Gasteiger charge is 2.15. The lowest BCUT2D eigenvalue weighted by Gasteiger charge is -2.23. The Bertz CT molecular complexity index is 814. The van der Waals surface area contributed by atoms with Crippen LogP contribution in [0.5, 0.6) is 5.75 Å². The predicted molar refractivity (Wildman–Crippen MR) is 101 cm³/mol. The SMILES string of the molecule is CC(=O)c1ccc(C(N)=O)cc1Nc1ccc(OCC2COCCO2)cc1. The van der Waals surface area contributed by atoms with Gasteiger partial charge in [0.15, 0.2) is 5.78 Å². The Hall–Kier alpha value is -2.90. The highest BCUT2D eigenvalue weighted by molar-refractivity contribution is 6.03. The van der Waals surface area contributed by atoms with Crippen molar-refractivity contribution in [3.63, 3.8) is 0 Å². The molecule has 1 unspecified atom stereocenters. The molecule has 7 nitrogen and oxygen atoms in total. The van der Waals surface area contributed by atoms with Crippen molar-refractivity contribution in [2.45, 2.75) is 13.0 Å². The van der Waals surface area contributed by atoms with E-state index in [1.807, 2.05) is 24.3 Å². The number of carbonyl (C=O) groups is 2. The Morgan fingerprint density at radius 1 is 1.19 bits per heavy atom. The van der Waals surface area contributed by atoms with Crippen molar-refractivity contribution < 1.29 is 23.8 Å². The maximum absolute atomic E-state index is 11.8. The average Bonchev–Trinajstić information content (AvgIpc) is 2.68. The summed E-state index contributed by atoms with van der Waals surface area (Å²) in [6.07, 6.45) is -0.0637. The standard InChI is InChI=1S/C20H22N2O5/c1-13(23)18-7-2-14(20(21)24)10-19(18)22-15-3-5-16(6-4-15)27-12-17-11-25-8-9-26-17/h2-7,10,17,22H,8-9,11-12H2,1H3,(H2,21,24). The summed E-state index contributed by atoms with van der Waals surface area (Å²) < 4.78 is 16.6. The maximum Gasteiger partial charge on any atom is 0.248 e. The zero-order valence-corrected chi connectivity index (χ0v) is 15.1. The minimum Gasteiger partial charge on any atom is -0.491 e. The maximum atomic E-state index is 11.8. The van der Waals surface area contributed by atoms with Crippen molar-refractivity contribution in [3.8, 4) is 5.75 Å². The minimum absolute atomic E-state index is 0.0637. The number of nitrogens with one attached hydrogen (secondary N) is 1. The highest BCUT2D eigenvalue weighted by Crippen LogP contribution is 2.25. The number of Topliss-reactive ketones (excluding diaryl/α,β-unsaturated/α-hetero) is 1. The van der Waals surface area contributed by atoms with E-state index in [0.717, 1.165) is 5.69 Å². The quantitative estimate of drug-likeness (QED) is 0.727. The molecule has 2 aromatic carbocycles. The molecule has 3 rings (SSSR count). The number of carbonyl (C=O) groups excluding carboxylic acids is 2. The van der Waals surface area contributed by atoms with Gasteiger partial charge in [0, 0.05) is 16.8 Å². The van der Waals surface area contributed by atoms with Crippen LogP contribution in [-0.4, -0.2) is 44.2 Å². The molecule has 1 aliphatic heterocycles. The molecule has 1 fully saturated rings. The molecule has 3 N–H and O–H groups in total. The van der Waals surface area contributed by atoms with Gasteiger partial charge in [0.05, 0.1) is 25.5 Å². The number of benzene rings is 2. The molecule has 0 bridgehead atoms. The molecular weight excluding hydrogens is 348 g/mol. The van der Waals surface area contributed by atoms with E-state index in [2.05, 4.69) is 5.32 Å². The van der Waals surface area contributed by atoms with Crippen LogP contribution < -0.4 is 15.8 Å². The third-order valence-corrected chi connectivity index (χ3v) is 4.14. The molecule has 27 heavy (non-hydrogen) atoms. The Labute approximate surface area is 157 Å². The molecule has 1 amide bonds. The largest absolute Gasteiger partial charge is 0.491 e. The third-order valence-electron chi connectivity index (χ3n) is 4.14. The zero-order valence-electron chi connectivity index (χ0n) is 15.1. The first-order valence-electron chi connectivity index (χ1n) is 8.67. The van der Waals surface area contributed by atoms with Gasteiger partial charge in [0.1, 0.15) is 18.5 Å². The van der Waals surface area contributed by atoms with E-state index in [-0.39, 0.29) is 11.9 Å². The molecule has 1 saturated heterocycles. The van der Waals surface area contributed by atoms with Gasteiger partial charge in [0.25, 0.3) is 0 Å². The van der Waals surface area contributed by atoms with Crippen LogP contribution in [0.4, 0.5) is 11.4 Å². The van der Waals surface area contributed by atoms with Crippen molar-refractivity contribution >= 4 is 23.1 Å². The van der Waals surface area contributed by atoms with Crippen molar-refractivity contribution in [2.24, 2.45) is 5.73 Å². The van der Waals surface area contributed by atoms with E-state index in [1.54, 1.807) is 12.1 Å². The highest BCUT2D eigenvalue weighted by atomic mass is 16.6. The van der Waals surface area contributed by atoms with Gasteiger partial charge in [-0.1, -0.05) is 0 Å². The average molecular weight is 370 g/mol. The molecule has 0 radical (unpaired) electrons. The number of ketones is 1. The smallest absolute Gasteiger partial charge is 0.248 e. The summed E-state index contributed by atoms with van der Waals surface area (Å²) in [4.78, 5) is 23.2. The van der Waals surface area contributed by atoms with E-state index < -0.39 is 5.91 Å². The molecule has 0 saturated carbocycles. The summed E-state index contributed by atoms with van der Waals surface area (Å²) in [6.45, 7) is 3.62. The summed E-state index contributed by atoms with van der Waals surface area (Å²) in [5.41, 5.74) is 7.42. The number of primary amides is 1. The molecule has 0 aliphatic carbocycles. The monoisotopic (exact) mass is 370 g/mol. The van der Waals surface area contributed by atoms with E-state index in [0.29, 0.717) is 49.0 Å². The summed E-state index contributed by atoms with van der Waals surface area (Å²) in [7, 11) is 0. The Morgan fingerprint density at radius 3 is 2.59 bits per heavy atom. The van der Waals surface area contributed by atoms with Gasteiger partial charge in [-0.3, -0.25) is 9.59 Å². The van der Waals surface area contributed by atoms with Crippen LogP contribution in [0.15, 0.2) is 42.5 Å². The fourth-order valence-corrected chi connectivity index (χ4v) is 2.72. The van der Waals surface area contributed by atoms with Gasteiger partial charge in [-0.05, 0) is 49.4 Å². The van der Waals surface area contributed by atoms with E-state index in [1.165, 1.54) is 13.0 Å². The van der Waals surface area contributed by atoms with Crippen LogP contribution >= 0.6 is 0 Å². The second-order valence-corrected chi connectivity index (χ2v) is 6.21. The van der Waals surface area contributed by atoms with Gasteiger partial charge >= 0.3 is 0 Å². The van der Waals surface area contributed by atoms with Crippen molar-refractivity contribution in [3.05, 3.63) is 53.6 Å². The van der Waals surface area contributed by atoms with Crippen molar-refractivity contribution in [2.75, 3.05) is 31.7 Å². The Morgan fingerprint density at radius 2 is 1.96 bits per heavy atom. The van der Waals surface area contributed by atoms with Crippen LogP contribution in [0, 0.1) is 0 Å². The Balaban J connectivity index is 1.67. The third kappa shape index (κ3) is 5.06. The fourth-order valence-electron chi connectivity index (χ4n) is 2.72. The molecular formula is C20H22N2O5. The van der Waals surface area contributed by atoms with Crippen LogP contribution in [-0.2, 0) is 9.47 Å². The molecule has 2 aromatic rings. The van der Waals surface area contributed by atoms with Gasteiger partial charge in [-0.2, -0.15) is 0 Å². The van der Waals surface area contributed by atoms with Gasteiger partial charge in [-0.15, -0.1) is 0 Å². The molecule has 1 aliphatic rings. The van der Waals surface area contributed by atoms with Gasteiger partial charge in [-0.25, -0.2) is 0 Å². The van der Waals surface area contributed by atoms with E-state index >= 15 is 0 Å². The summed E-state index contributed by atoms with van der Waals surface area (Å²) in [5.74, 6) is 0.0430. The number of hydrogen-bond acceptors (Lipinski definition) is 6. The van der Waals surface area contributed by atoms with Crippen LogP contribution in [0.2, 0.25) is 0 Å². The number of hydrogen-bond donors (Lipinski definition) is 2. The molecule has 1 heterocycles. The Kier molecular flexibility index (Phi) is 6.05. The first kappa shape index (κ1) is 18.9. The molecule has 1 atom stereocenters. The normalized spacial score (nSPS) is 16.6. The number of rotatable bonds is 7. The zero-order chi connectivity index (χ0) is 19.2. The first-order chi connectivity index (χ1) is 13.0. The topological polar surface area (TPSA) is 99.9 Å². The second kappa shape index (κ2) is 8.66. The molecule has 0 spiro atoms. The first-order valence-corrected chi connectivity index (χ1v) is 8.67. The van der Waals surface area contributed by atoms with Gasteiger partial charge < -0.3 is 25.3 Å². The number of ether oxygens (including phenoxy) is 3. The summed E-state index contributed by atoms with van der Waals surface area (Å²) in [6, 6.07) is 12.0. The van der Waals surface area contributed by atoms with Crippen molar-refractivity contribution in [1.29, 1.82) is 0 Å². The van der Waals surface area contributed by atoms with E-state index in [9.17, 15) is 9.59 Å². The number of amides is 1. The van der Waals surface area contributed by atoms with Gasteiger partial charge in [0.2, 0.25) is 5.91 Å². The lowest BCUT2D eigenvalue weighted by atomic mass is 10.1. The van der Waals surface area contributed by atoms with Crippen LogP contribution in [0.1, 0.15) is 27.6 Å². The summed E-state index contributed by atoms with van der Waals surface area (Å²) >= 11 is 0. The number of anilines is 2. The van der Waals surface area contributed by atoms with Crippen LogP contribution in [0.3, 0.4) is 0 Å². The molecule has 0 aromatic heterocycles. The van der Waals surface area contributed by atoms with E-state index in [4.69, 9.17) is 19.9 Å². The number of nitrogens with two attached hydrogens (primary N) is 1. The lowest BCUT2D eigenvalue weighted by molar-refractivity contribution is -0.101. The lowest BCUT2D eigenvalue weighted by Crippen LogP contribution is -2.33. The fraction of sp³-hybridized carbons (Fsp3) is 0.300.